The van der Waals surface area contributed by atoms with E-state index in [1.807, 2.05) is 18.2 Å². The van der Waals surface area contributed by atoms with Crippen LogP contribution in [0.15, 0.2) is 28.7 Å². The van der Waals surface area contributed by atoms with Gasteiger partial charge in [0.25, 0.3) is 0 Å². The molecule has 1 unspecified atom stereocenters. The molecule has 1 fully saturated rings. The second-order valence-electron chi connectivity index (χ2n) is 4.57. The van der Waals surface area contributed by atoms with Gasteiger partial charge in [-0.2, -0.15) is 0 Å². The molecule has 0 spiro atoms. The molecule has 18 heavy (non-hydrogen) atoms. The maximum atomic E-state index is 10.5. The summed E-state index contributed by atoms with van der Waals surface area (Å²) in [6.45, 7) is 3.32. The van der Waals surface area contributed by atoms with E-state index in [-0.39, 0.29) is 0 Å². The van der Waals surface area contributed by atoms with E-state index in [2.05, 4.69) is 27.8 Å². The minimum atomic E-state index is -0.927. The molecule has 2 rings (SSSR count). The van der Waals surface area contributed by atoms with Gasteiger partial charge in [-0.05, 0) is 59.5 Å². The van der Waals surface area contributed by atoms with Crippen molar-refractivity contribution in [3.63, 3.8) is 0 Å². The minimum absolute atomic E-state index is 0.571. The van der Waals surface area contributed by atoms with Crippen molar-refractivity contribution in [2.45, 2.75) is 25.8 Å². The van der Waals surface area contributed by atoms with Crippen LogP contribution < -0.4 is 4.90 Å². The van der Waals surface area contributed by atoms with Crippen molar-refractivity contribution in [1.29, 1.82) is 0 Å². The van der Waals surface area contributed by atoms with Crippen LogP contribution in [-0.4, -0.2) is 23.7 Å². The molecular formula is C14H16BrNO2. The lowest BCUT2D eigenvalue weighted by Crippen LogP contribution is -2.26. The number of aliphatic carboxylic acids is 1. The number of benzene rings is 1. The normalized spacial score (nSPS) is 19.7. The fourth-order valence-electron chi connectivity index (χ4n) is 2.32. The predicted octanol–water partition coefficient (Wildman–Crippen LogP) is 3.54. The highest BCUT2D eigenvalue weighted by molar-refractivity contribution is 9.10. The van der Waals surface area contributed by atoms with Crippen molar-refractivity contribution in [2.24, 2.45) is 0 Å². The van der Waals surface area contributed by atoms with Gasteiger partial charge in [-0.1, -0.05) is 6.07 Å². The third-order valence-corrected chi connectivity index (χ3v) is 3.89. The highest BCUT2D eigenvalue weighted by Gasteiger charge is 2.21. The maximum absolute atomic E-state index is 10.5. The first-order valence-electron chi connectivity index (χ1n) is 6.05. The predicted molar refractivity (Wildman–Crippen MR) is 76.9 cm³/mol. The highest BCUT2D eigenvalue weighted by atomic mass is 79.9. The molecule has 4 heteroatoms. The van der Waals surface area contributed by atoms with E-state index in [0.717, 1.165) is 22.7 Å². The van der Waals surface area contributed by atoms with Crippen LogP contribution in [-0.2, 0) is 4.79 Å². The van der Waals surface area contributed by atoms with Crippen molar-refractivity contribution in [1.82, 2.24) is 0 Å². The minimum Gasteiger partial charge on any atom is -0.478 e. The summed E-state index contributed by atoms with van der Waals surface area (Å²) in [7, 11) is 0. The Morgan fingerprint density at radius 2 is 2.33 bits per heavy atom. The van der Waals surface area contributed by atoms with Crippen LogP contribution in [0.25, 0.3) is 6.08 Å². The number of carbonyl (C=O) groups is 1. The van der Waals surface area contributed by atoms with Crippen molar-refractivity contribution >= 4 is 33.7 Å². The van der Waals surface area contributed by atoms with E-state index in [0.29, 0.717) is 6.04 Å². The SMILES string of the molecule is CC1CCCN1c1ccc(/C=C/C(=O)O)cc1Br. The van der Waals surface area contributed by atoms with Gasteiger partial charge in [0.2, 0.25) is 0 Å². The van der Waals surface area contributed by atoms with Crippen LogP contribution in [0.1, 0.15) is 25.3 Å². The monoisotopic (exact) mass is 309 g/mol. The molecule has 0 aromatic heterocycles. The van der Waals surface area contributed by atoms with Gasteiger partial charge in [-0.25, -0.2) is 4.79 Å². The number of carboxylic acid groups (broad SMARTS) is 1. The van der Waals surface area contributed by atoms with E-state index < -0.39 is 5.97 Å². The zero-order valence-corrected chi connectivity index (χ0v) is 11.9. The Kier molecular flexibility index (Phi) is 4.07. The maximum Gasteiger partial charge on any atom is 0.328 e. The summed E-state index contributed by atoms with van der Waals surface area (Å²) in [5, 5.41) is 8.60. The standard InChI is InChI=1S/C14H16BrNO2/c1-10-3-2-8-16(10)13-6-4-11(9-12(13)15)5-7-14(17)18/h4-7,9-10H,2-3,8H2,1H3,(H,17,18)/b7-5+. The molecule has 0 aliphatic carbocycles. The van der Waals surface area contributed by atoms with Crippen LogP contribution in [0, 0.1) is 0 Å². The molecule has 1 N–H and O–H groups in total. The number of rotatable bonds is 3. The second kappa shape index (κ2) is 5.57. The second-order valence-corrected chi connectivity index (χ2v) is 5.42. The van der Waals surface area contributed by atoms with E-state index >= 15 is 0 Å². The first-order valence-corrected chi connectivity index (χ1v) is 6.84. The molecule has 1 aliphatic rings. The fourth-order valence-corrected chi connectivity index (χ4v) is 2.94. The van der Waals surface area contributed by atoms with Gasteiger partial charge in [-0.3, -0.25) is 0 Å². The summed E-state index contributed by atoms with van der Waals surface area (Å²) in [5.41, 5.74) is 2.08. The van der Waals surface area contributed by atoms with Crippen molar-refractivity contribution in [3.05, 3.63) is 34.3 Å². The van der Waals surface area contributed by atoms with Crippen molar-refractivity contribution < 1.29 is 9.90 Å². The largest absolute Gasteiger partial charge is 0.478 e. The van der Waals surface area contributed by atoms with Gasteiger partial charge in [-0.15, -0.1) is 0 Å². The third kappa shape index (κ3) is 2.93. The molecule has 96 valence electrons. The summed E-state index contributed by atoms with van der Waals surface area (Å²) < 4.78 is 1.02. The summed E-state index contributed by atoms with van der Waals surface area (Å²) >= 11 is 3.57. The molecule has 1 saturated heterocycles. The lowest BCUT2D eigenvalue weighted by atomic mass is 10.1. The number of anilines is 1. The molecule has 1 aromatic rings. The first-order chi connectivity index (χ1) is 8.58. The summed E-state index contributed by atoms with van der Waals surface area (Å²) in [4.78, 5) is 12.9. The molecule has 0 radical (unpaired) electrons. The average Bonchev–Trinajstić information content (AvgIpc) is 2.73. The Balaban J connectivity index is 2.22. The Bertz CT molecular complexity index is 485. The third-order valence-electron chi connectivity index (χ3n) is 3.25. The summed E-state index contributed by atoms with van der Waals surface area (Å²) in [6, 6.07) is 6.53. The lowest BCUT2D eigenvalue weighted by molar-refractivity contribution is -0.131. The van der Waals surface area contributed by atoms with Crippen molar-refractivity contribution in [3.8, 4) is 0 Å². The lowest BCUT2D eigenvalue weighted by Gasteiger charge is -2.25. The van der Waals surface area contributed by atoms with E-state index in [4.69, 9.17) is 5.11 Å². The van der Waals surface area contributed by atoms with Gasteiger partial charge in [0, 0.05) is 23.1 Å². The van der Waals surface area contributed by atoms with Gasteiger partial charge >= 0.3 is 5.97 Å². The Hall–Kier alpha value is -1.29. The molecule has 0 amide bonds. The molecule has 1 heterocycles. The fraction of sp³-hybridized carbons (Fsp3) is 0.357. The van der Waals surface area contributed by atoms with Gasteiger partial charge in [0.1, 0.15) is 0 Å². The molecule has 0 saturated carbocycles. The van der Waals surface area contributed by atoms with Crippen LogP contribution in [0.3, 0.4) is 0 Å². The molecule has 0 bridgehead atoms. The highest BCUT2D eigenvalue weighted by Crippen LogP contribution is 2.32. The first kappa shape index (κ1) is 13.1. The molecule has 1 atom stereocenters. The van der Waals surface area contributed by atoms with Gasteiger partial charge < -0.3 is 10.0 Å². The zero-order valence-electron chi connectivity index (χ0n) is 10.3. The molecule has 1 aliphatic heterocycles. The van der Waals surface area contributed by atoms with Crippen LogP contribution >= 0.6 is 15.9 Å². The number of halogens is 1. The number of nitrogens with zero attached hydrogens (tertiary/aromatic N) is 1. The quantitative estimate of drug-likeness (QED) is 0.868. The van der Waals surface area contributed by atoms with Gasteiger partial charge in [0.05, 0.1) is 5.69 Å². The van der Waals surface area contributed by atoms with Crippen molar-refractivity contribution in [2.75, 3.05) is 11.4 Å². The van der Waals surface area contributed by atoms with Crippen LogP contribution in [0.5, 0.6) is 0 Å². The van der Waals surface area contributed by atoms with E-state index in [9.17, 15) is 4.79 Å². The topological polar surface area (TPSA) is 40.5 Å². The molecular weight excluding hydrogens is 294 g/mol. The van der Waals surface area contributed by atoms with Crippen LogP contribution in [0.4, 0.5) is 5.69 Å². The Labute approximate surface area is 115 Å². The molecule has 1 aromatic carbocycles. The molecule has 3 nitrogen and oxygen atoms in total. The average molecular weight is 310 g/mol. The summed E-state index contributed by atoms with van der Waals surface area (Å²) in [5.74, 6) is -0.927. The zero-order chi connectivity index (χ0) is 13.1. The number of hydrogen-bond acceptors (Lipinski definition) is 2. The van der Waals surface area contributed by atoms with Crippen LogP contribution in [0.2, 0.25) is 0 Å². The number of hydrogen-bond donors (Lipinski definition) is 1. The Morgan fingerprint density at radius 3 is 2.89 bits per heavy atom. The smallest absolute Gasteiger partial charge is 0.328 e. The number of carboxylic acids is 1. The van der Waals surface area contributed by atoms with E-state index in [1.165, 1.54) is 18.5 Å². The Morgan fingerprint density at radius 1 is 1.56 bits per heavy atom. The summed E-state index contributed by atoms with van der Waals surface area (Å²) in [6.07, 6.45) is 5.21. The van der Waals surface area contributed by atoms with Gasteiger partial charge in [0.15, 0.2) is 0 Å². The van der Waals surface area contributed by atoms with E-state index in [1.54, 1.807) is 6.08 Å².